The molecule has 0 aromatic heterocycles. The summed E-state index contributed by atoms with van der Waals surface area (Å²) in [4.78, 5) is 14.6. The van der Waals surface area contributed by atoms with Gasteiger partial charge in [0.05, 0.1) is 10.6 Å². The average molecular weight is 339 g/mol. The van der Waals surface area contributed by atoms with Gasteiger partial charge in [0.15, 0.2) is 0 Å². The van der Waals surface area contributed by atoms with E-state index in [2.05, 4.69) is 0 Å². The summed E-state index contributed by atoms with van der Waals surface area (Å²) >= 11 is 5.81. The van der Waals surface area contributed by atoms with Gasteiger partial charge >= 0.3 is 6.18 Å². The zero-order valence-corrected chi connectivity index (χ0v) is 12.7. The zero-order valence-electron chi connectivity index (χ0n) is 12.0. The topological polar surface area (TPSA) is 23.6 Å². The third kappa shape index (κ3) is 3.20. The maximum atomic E-state index is 13.8. The summed E-state index contributed by atoms with van der Waals surface area (Å²) in [6.45, 7) is 1.11. The van der Waals surface area contributed by atoms with Crippen molar-refractivity contribution in [1.29, 1.82) is 0 Å². The van der Waals surface area contributed by atoms with Crippen LogP contribution in [0.25, 0.3) is 0 Å². The lowest BCUT2D eigenvalue weighted by Crippen LogP contribution is -2.62. The fraction of sp³-hybridized carbons (Fsp3) is 0.500. The van der Waals surface area contributed by atoms with Crippen molar-refractivity contribution >= 4 is 17.5 Å². The number of piperazine rings is 1. The summed E-state index contributed by atoms with van der Waals surface area (Å²) in [5, 5.41) is -0.111. The van der Waals surface area contributed by atoms with Crippen molar-refractivity contribution in [3.8, 4) is 0 Å². The molecule has 0 radical (unpaired) electrons. The molecular weight excluding hydrogens is 324 g/mol. The van der Waals surface area contributed by atoms with E-state index in [1.54, 1.807) is 6.92 Å². The molecule has 3 nitrogen and oxygen atoms in total. The predicted molar refractivity (Wildman–Crippen MR) is 74.4 cm³/mol. The summed E-state index contributed by atoms with van der Waals surface area (Å²) in [5.41, 5.74) is -0.387. The van der Waals surface area contributed by atoms with Crippen LogP contribution in [-0.2, 0) is 0 Å². The van der Waals surface area contributed by atoms with Gasteiger partial charge in [0, 0.05) is 19.1 Å². The fourth-order valence-corrected chi connectivity index (χ4v) is 2.77. The average Bonchev–Trinajstić information content (AvgIpc) is 2.39. The Bertz CT molecular complexity index is 558. The van der Waals surface area contributed by atoms with Gasteiger partial charge in [-0.3, -0.25) is 9.69 Å². The van der Waals surface area contributed by atoms with Crippen LogP contribution in [0.1, 0.15) is 17.3 Å². The predicted octanol–water partition coefficient (Wildman–Crippen LogP) is 3.19. The minimum atomic E-state index is -4.47. The molecule has 0 spiro atoms. The first-order valence-corrected chi connectivity index (χ1v) is 7.02. The molecule has 22 heavy (non-hydrogen) atoms. The van der Waals surface area contributed by atoms with Gasteiger partial charge in [-0.05, 0) is 26.1 Å². The third-order valence-corrected chi connectivity index (χ3v) is 4.22. The van der Waals surface area contributed by atoms with Crippen LogP contribution in [0.4, 0.5) is 17.6 Å². The molecule has 8 heteroatoms. The Labute approximate surface area is 130 Å². The van der Waals surface area contributed by atoms with Crippen LogP contribution in [0, 0.1) is 5.82 Å². The lowest BCUT2D eigenvalue weighted by atomic mass is 10.1. The Morgan fingerprint density at radius 3 is 2.50 bits per heavy atom. The molecule has 0 aliphatic carbocycles. The minimum Gasteiger partial charge on any atom is -0.335 e. The standard InChI is InChI=1S/C14H15ClF4N2O/c1-8-6-21(7-11(20(8)2)14(17,18)19)13(22)12-9(15)4-3-5-10(12)16/h3-5,8,11H,6-7H2,1-2H3. The molecule has 1 aliphatic heterocycles. The molecule has 0 bridgehead atoms. The first kappa shape index (κ1) is 17.0. The molecule has 1 fully saturated rings. The largest absolute Gasteiger partial charge is 0.405 e. The van der Waals surface area contributed by atoms with Crippen LogP contribution in [0.15, 0.2) is 18.2 Å². The molecular formula is C14H15ClF4N2O. The molecule has 1 aromatic rings. The van der Waals surface area contributed by atoms with E-state index in [9.17, 15) is 22.4 Å². The van der Waals surface area contributed by atoms with Gasteiger partial charge in [-0.15, -0.1) is 0 Å². The van der Waals surface area contributed by atoms with E-state index >= 15 is 0 Å². The van der Waals surface area contributed by atoms with E-state index in [0.29, 0.717) is 0 Å². The quantitative estimate of drug-likeness (QED) is 0.734. The number of likely N-dealkylation sites (N-methyl/N-ethyl adjacent to an activating group) is 1. The molecule has 1 saturated heterocycles. The number of alkyl halides is 3. The maximum absolute atomic E-state index is 13.8. The lowest BCUT2D eigenvalue weighted by Gasteiger charge is -2.44. The second kappa shape index (κ2) is 6.04. The van der Waals surface area contributed by atoms with E-state index in [0.717, 1.165) is 11.0 Å². The number of carbonyl (C=O) groups excluding carboxylic acids is 1. The Hall–Kier alpha value is -1.34. The minimum absolute atomic E-state index is 0.0760. The molecule has 1 aliphatic rings. The molecule has 2 unspecified atom stereocenters. The van der Waals surface area contributed by atoms with Gasteiger partial charge in [-0.25, -0.2) is 4.39 Å². The molecule has 0 N–H and O–H groups in total. The van der Waals surface area contributed by atoms with E-state index in [1.165, 1.54) is 24.1 Å². The van der Waals surface area contributed by atoms with Crippen molar-refractivity contribution in [3.63, 3.8) is 0 Å². The van der Waals surface area contributed by atoms with Gasteiger partial charge in [-0.2, -0.15) is 13.2 Å². The van der Waals surface area contributed by atoms with Crippen LogP contribution < -0.4 is 0 Å². The number of carbonyl (C=O) groups is 1. The fourth-order valence-electron chi connectivity index (χ4n) is 2.53. The Kier molecular flexibility index (Phi) is 4.67. The van der Waals surface area contributed by atoms with Crippen LogP contribution in [0.5, 0.6) is 0 Å². The normalized spacial score (nSPS) is 23.7. The Morgan fingerprint density at radius 1 is 1.32 bits per heavy atom. The van der Waals surface area contributed by atoms with E-state index in [-0.39, 0.29) is 17.1 Å². The van der Waals surface area contributed by atoms with Crippen LogP contribution in [-0.4, -0.2) is 54.1 Å². The number of nitrogens with zero attached hydrogens (tertiary/aromatic N) is 2. The Balaban J connectivity index is 2.31. The molecule has 0 saturated carbocycles. The van der Waals surface area contributed by atoms with Crippen LogP contribution in [0.2, 0.25) is 5.02 Å². The molecule has 1 amide bonds. The number of hydrogen-bond donors (Lipinski definition) is 0. The summed E-state index contributed by atoms with van der Waals surface area (Å²) in [7, 11) is 1.36. The number of amides is 1. The van der Waals surface area contributed by atoms with Gasteiger partial charge in [0.25, 0.3) is 5.91 Å². The van der Waals surface area contributed by atoms with Crippen molar-refractivity contribution in [3.05, 3.63) is 34.6 Å². The SMILES string of the molecule is CC1CN(C(=O)c2c(F)cccc2Cl)CC(C(F)(F)F)N1C. The Morgan fingerprint density at radius 2 is 1.95 bits per heavy atom. The number of benzene rings is 1. The summed E-state index contributed by atoms with van der Waals surface area (Å²) in [6.07, 6.45) is -4.47. The highest BCUT2D eigenvalue weighted by molar-refractivity contribution is 6.33. The third-order valence-electron chi connectivity index (χ3n) is 3.91. The van der Waals surface area contributed by atoms with E-state index < -0.39 is 36.5 Å². The molecule has 1 aromatic carbocycles. The lowest BCUT2D eigenvalue weighted by molar-refractivity contribution is -0.197. The number of halogens is 5. The molecule has 2 rings (SSSR count). The second-order valence-electron chi connectivity index (χ2n) is 5.38. The van der Waals surface area contributed by atoms with E-state index in [4.69, 9.17) is 11.6 Å². The van der Waals surface area contributed by atoms with Crippen LogP contribution in [0.3, 0.4) is 0 Å². The molecule has 122 valence electrons. The number of hydrogen-bond acceptors (Lipinski definition) is 2. The zero-order chi connectivity index (χ0) is 16.7. The first-order valence-electron chi connectivity index (χ1n) is 6.65. The van der Waals surface area contributed by atoms with Crippen molar-refractivity contribution in [1.82, 2.24) is 9.80 Å². The summed E-state index contributed by atoms with van der Waals surface area (Å²) < 4.78 is 53.0. The monoisotopic (exact) mass is 338 g/mol. The highest BCUT2D eigenvalue weighted by Gasteiger charge is 2.48. The first-order chi connectivity index (χ1) is 10.1. The summed E-state index contributed by atoms with van der Waals surface area (Å²) in [6, 6.07) is 1.43. The second-order valence-corrected chi connectivity index (χ2v) is 5.79. The van der Waals surface area contributed by atoms with Crippen molar-refractivity contribution in [2.24, 2.45) is 0 Å². The van der Waals surface area contributed by atoms with Gasteiger partial charge in [-0.1, -0.05) is 17.7 Å². The van der Waals surface area contributed by atoms with Gasteiger partial charge in [0.1, 0.15) is 11.9 Å². The van der Waals surface area contributed by atoms with Crippen molar-refractivity contribution < 1.29 is 22.4 Å². The van der Waals surface area contributed by atoms with Gasteiger partial charge in [0.2, 0.25) is 0 Å². The van der Waals surface area contributed by atoms with Crippen molar-refractivity contribution in [2.45, 2.75) is 25.2 Å². The maximum Gasteiger partial charge on any atom is 0.405 e. The molecule has 2 atom stereocenters. The summed E-state index contributed by atoms with van der Waals surface area (Å²) in [5.74, 6) is -1.66. The van der Waals surface area contributed by atoms with Crippen LogP contribution >= 0.6 is 11.6 Å². The number of rotatable bonds is 1. The highest BCUT2D eigenvalue weighted by atomic mass is 35.5. The van der Waals surface area contributed by atoms with E-state index in [1.807, 2.05) is 0 Å². The smallest absolute Gasteiger partial charge is 0.335 e. The van der Waals surface area contributed by atoms with Gasteiger partial charge < -0.3 is 4.90 Å². The molecule has 1 heterocycles. The van der Waals surface area contributed by atoms with Crippen molar-refractivity contribution in [2.75, 3.05) is 20.1 Å². The highest BCUT2D eigenvalue weighted by Crippen LogP contribution is 2.30.